The zero-order chi connectivity index (χ0) is 9.86. The summed E-state index contributed by atoms with van der Waals surface area (Å²) in [5.41, 5.74) is 0. The van der Waals surface area contributed by atoms with Crippen molar-refractivity contribution in [2.24, 2.45) is 0 Å². The lowest BCUT2D eigenvalue weighted by Gasteiger charge is -2.42. The molecular formula is C11H21NS2. The minimum absolute atomic E-state index is 0.613. The van der Waals surface area contributed by atoms with E-state index in [1.807, 2.05) is 0 Å². The Labute approximate surface area is 96.2 Å². The zero-order valence-corrected chi connectivity index (χ0v) is 10.7. The fraction of sp³-hybridized carbons (Fsp3) is 1.00. The molecule has 0 bridgehead atoms. The van der Waals surface area contributed by atoms with Crippen LogP contribution in [0.2, 0.25) is 0 Å². The van der Waals surface area contributed by atoms with Crippen LogP contribution >= 0.6 is 23.5 Å². The van der Waals surface area contributed by atoms with E-state index < -0.39 is 0 Å². The van der Waals surface area contributed by atoms with Gasteiger partial charge in [0, 0.05) is 23.1 Å². The first-order chi connectivity index (χ1) is 6.85. The van der Waals surface area contributed by atoms with Crippen LogP contribution in [0, 0.1) is 0 Å². The Bertz CT molecular complexity index is 169. The van der Waals surface area contributed by atoms with E-state index >= 15 is 0 Å². The average molecular weight is 231 g/mol. The van der Waals surface area contributed by atoms with Gasteiger partial charge in [-0.15, -0.1) is 0 Å². The third kappa shape index (κ3) is 2.61. The van der Waals surface area contributed by atoms with Crippen LogP contribution in [-0.2, 0) is 0 Å². The molecule has 0 spiro atoms. The first-order valence-corrected chi connectivity index (χ1v) is 8.09. The Morgan fingerprint density at radius 2 is 2.29 bits per heavy atom. The topological polar surface area (TPSA) is 12.0 Å². The van der Waals surface area contributed by atoms with Crippen molar-refractivity contribution in [3.63, 3.8) is 0 Å². The fourth-order valence-electron chi connectivity index (χ4n) is 2.26. The lowest BCUT2D eigenvalue weighted by atomic mass is 9.84. The molecule has 2 rings (SSSR count). The predicted octanol–water partition coefficient (Wildman–Crippen LogP) is 2.76. The van der Waals surface area contributed by atoms with Gasteiger partial charge in [-0.25, -0.2) is 0 Å². The minimum Gasteiger partial charge on any atom is -0.312 e. The van der Waals surface area contributed by atoms with Crippen molar-refractivity contribution >= 4 is 23.5 Å². The SMILES string of the molecule is CSC1(CNC2CCCSC2)CCC1. The van der Waals surface area contributed by atoms with Crippen LogP contribution in [0.15, 0.2) is 0 Å². The number of rotatable bonds is 4. The molecule has 2 aliphatic rings. The summed E-state index contributed by atoms with van der Waals surface area (Å²) in [7, 11) is 0. The molecule has 1 saturated heterocycles. The minimum atomic E-state index is 0.613. The quantitative estimate of drug-likeness (QED) is 0.799. The van der Waals surface area contributed by atoms with E-state index in [4.69, 9.17) is 0 Å². The fourth-order valence-corrected chi connectivity index (χ4v) is 4.29. The standard InChI is InChI=1S/C11H21NS2/c1-13-11(5-3-6-11)9-12-10-4-2-7-14-8-10/h10,12H,2-9H2,1H3. The van der Waals surface area contributed by atoms with Gasteiger partial charge in [0.05, 0.1) is 0 Å². The number of hydrogen-bond donors (Lipinski definition) is 1. The molecule has 0 amide bonds. The van der Waals surface area contributed by atoms with Gasteiger partial charge in [-0.1, -0.05) is 6.42 Å². The normalized spacial score (nSPS) is 31.1. The third-order valence-corrected chi connectivity index (χ3v) is 6.21. The molecule has 82 valence electrons. The summed E-state index contributed by atoms with van der Waals surface area (Å²) >= 11 is 4.20. The molecule has 0 aromatic carbocycles. The lowest BCUT2D eigenvalue weighted by molar-refractivity contribution is 0.329. The Morgan fingerprint density at radius 3 is 2.79 bits per heavy atom. The van der Waals surface area contributed by atoms with Crippen LogP contribution in [-0.4, -0.2) is 35.1 Å². The van der Waals surface area contributed by atoms with Crippen LogP contribution in [0.5, 0.6) is 0 Å². The molecule has 1 N–H and O–H groups in total. The number of hydrogen-bond acceptors (Lipinski definition) is 3. The molecule has 1 saturated carbocycles. The molecule has 1 atom stereocenters. The Kier molecular flexibility index (Phi) is 4.09. The van der Waals surface area contributed by atoms with Gasteiger partial charge < -0.3 is 5.32 Å². The first-order valence-electron chi connectivity index (χ1n) is 5.71. The van der Waals surface area contributed by atoms with Gasteiger partial charge in [0.25, 0.3) is 0 Å². The highest BCUT2D eigenvalue weighted by Gasteiger charge is 2.36. The van der Waals surface area contributed by atoms with E-state index in [1.165, 1.54) is 50.2 Å². The van der Waals surface area contributed by atoms with Crippen molar-refractivity contribution in [1.82, 2.24) is 5.32 Å². The second-order valence-electron chi connectivity index (χ2n) is 4.54. The lowest BCUT2D eigenvalue weighted by Crippen LogP contribution is -2.47. The summed E-state index contributed by atoms with van der Waals surface area (Å²) in [6, 6.07) is 0.804. The Balaban J connectivity index is 1.69. The summed E-state index contributed by atoms with van der Waals surface area (Å²) in [5, 5.41) is 3.77. The van der Waals surface area contributed by atoms with E-state index in [2.05, 4.69) is 35.1 Å². The molecule has 0 aromatic heterocycles. The highest BCUT2D eigenvalue weighted by Crippen LogP contribution is 2.42. The third-order valence-electron chi connectivity index (χ3n) is 3.57. The monoisotopic (exact) mass is 231 g/mol. The molecule has 1 heterocycles. The number of thioether (sulfide) groups is 2. The maximum atomic E-state index is 3.77. The van der Waals surface area contributed by atoms with Crippen LogP contribution in [0.1, 0.15) is 32.1 Å². The maximum absolute atomic E-state index is 3.77. The van der Waals surface area contributed by atoms with Crippen molar-refractivity contribution in [2.45, 2.75) is 42.9 Å². The summed E-state index contributed by atoms with van der Waals surface area (Å²) in [5.74, 6) is 2.72. The van der Waals surface area contributed by atoms with Gasteiger partial charge in [0.15, 0.2) is 0 Å². The summed E-state index contributed by atoms with van der Waals surface area (Å²) in [6.07, 6.45) is 9.40. The van der Waals surface area contributed by atoms with Gasteiger partial charge in [-0.2, -0.15) is 23.5 Å². The molecule has 1 aliphatic carbocycles. The van der Waals surface area contributed by atoms with Crippen LogP contribution in [0.3, 0.4) is 0 Å². The van der Waals surface area contributed by atoms with E-state index in [-0.39, 0.29) is 0 Å². The maximum Gasteiger partial charge on any atom is 0.0281 e. The van der Waals surface area contributed by atoms with Crippen molar-refractivity contribution in [2.75, 3.05) is 24.3 Å². The summed E-state index contributed by atoms with van der Waals surface area (Å²) in [4.78, 5) is 0. The summed E-state index contributed by atoms with van der Waals surface area (Å²) < 4.78 is 0.613. The molecule has 2 fully saturated rings. The van der Waals surface area contributed by atoms with Crippen molar-refractivity contribution in [3.05, 3.63) is 0 Å². The smallest absolute Gasteiger partial charge is 0.0281 e. The molecule has 14 heavy (non-hydrogen) atoms. The van der Waals surface area contributed by atoms with E-state index in [1.54, 1.807) is 0 Å². The molecule has 3 heteroatoms. The number of nitrogens with one attached hydrogen (secondary N) is 1. The second-order valence-corrected chi connectivity index (χ2v) is 6.96. The van der Waals surface area contributed by atoms with E-state index in [0.29, 0.717) is 4.75 Å². The van der Waals surface area contributed by atoms with Crippen LogP contribution in [0.4, 0.5) is 0 Å². The largest absolute Gasteiger partial charge is 0.312 e. The first kappa shape index (κ1) is 11.2. The highest BCUT2D eigenvalue weighted by atomic mass is 32.2. The van der Waals surface area contributed by atoms with Crippen molar-refractivity contribution in [3.8, 4) is 0 Å². The highest BCUT2D eigenvalue weighted by molar-refractivity contribution is 8.00. The zero-order valence-electron chi connectivity index (χ0n) is 9.05. The molecule has 1 nitrogen and oxygen atoms in total. The van der Waals surface area contributed by atoms with Crippen molar-refractivity contribution in [1.29, 1.82) is 0 Å². The van der Waals surface area contributed by atoms with Crippen LogP contribution < -0.4 is 5.32 Å². The van der Waals surface area contributed by atoms with Gasteiger partial charge in [-0.3, -0.25) is 0 Å². The van der Waals surface area contributed by atoms with Gasteiger partial charge in [0.2, 0.25) is 0 Å². The van der Waals surface area contributed by atoms with E-state index in [0.717, 1.165) is 6.04 Å². The Morgan fingerprint density at radius 1 is 1.43 bits per heavy atom. The van der Waals surface area contributed by atoms with Crippen LogP contribution in [0.25, 0.3) is 0 Å². The molecular weight excluding hydrogens is 210 g/mol. The molecule has 1 aliphatic heterocycles. The second kappa shape index (κ2) is 5.13. The van der Waals surface area contributed by atoms with Gasteiger partial charge >= 0.3 is 0 Å². The van der Waals surface area contributed by atoms with Crippen molar-refractivity contribution < 1.29 is 0 Å². The van der Waals surface area contributed by atoms with E-state index in [9.17, 15) is 0 Å². The molecule has 0 aromatic rings. The van der Waals surface area contributed by atoms with Gasteiger partial charge in [0.1, 0.15) is 0 Å². The average Bonchev–Trinajstić information content (AvgIpc) is 2.19. The summed E-state index contributed by atoms with van der Waals surface area (Å²) in [6.45, 7) is 1.25. The molecule has 0 radical (unpaired) electrons. The Hall–Kier alpha value is 0.660. The predicted molar refractivity (Wildman–Crippen MR) is 68.4 cm³/mol. The molecule has 1 unspecified atom stereocenters. The van der Waals surface area contributed by atoms with Gasteiger partial charge in [-0.05, 0) is 37.7 Å².